The molecular weight excluding hydrogens is 413 g/mol. The highest BCUT2D eigenvalue weighted by Gasteiger charge is 2.24. The molecule has 0 aliphatic rings. The number of ketones is 1. The highest BCUT2D eigenvalue weighted by molar-refractivity contribution is 7.22. The first-order valence-electron chi connectivity index (χ1n) is 8.87. The number of ether oxygens (including phenoxy) is 2. The van der Waals surface area contributed by atoms with E-state index in [0.717, 1.165) is 10.3 Å². The molecule has 0 N–H and O–H groups in total. The van der Waals surface area contributed by atoms with Gasteiger partial charge in [-0.1, -0.05) is 0 Å². The largest absolute Gasteiger partial charge is 0.497 e. The molecule has 30 heavy (non-hydrogen) atoms. The Hall–Kier alpha value is -3.32. The molecule has 0 atom stereocenters. The van der Waals surface area contributed by atoms with Crippen molar-refractivity contribution in [2.75, 3.05) is 14.2 Å². The molecule has 0 spiro atoms. The Morgan fingerprint density at radius 1 is 0.833 bits per heavy atom. The molecule has 4 aromatic rings. The van der Waals surface area contributed by atoms with Crippen molar-refractivity contribution in [2.24, 2.45) is 0 Å². The van der Waals surface area contributed by atoms with Gasteiger partial charge in [0.1, 0.15) is 11.5 Å². The number of hydrogen-bond acceptors (Lipinski definition) is 4. The zero-order valence-electron chi connectivity index (χ0n) is 16.0. The minimum Gasteiger partial charge on any atom is -0.497 e. The summed E-state index contributed by atoms with van der Waals surface area (Å²) < 4.78 is 52.1. The highest BCUT2D eigenvalue weighted by Crippen LogP contribution is 2.41. The topological polar surface area (TPSA) is 35.5 Å². The van der Waals surface area contributed by atoms with Crippen LogP contribution in [-0.2, 0) is 0 Å². The Kier molecular flexibility index (Phi) is 5.22. The number of rotatable bonds is 5. The maximum absolute atomic E-state index is 13.8. The number of carbonyl (C=O) groups is 1. The van der Waals surface area contributed by atoms with E-state index in [-0.39, 0.29) is 11.1 Å². The lowest BCUT2D eigenvalue weighted by Crippen LogP contribution is -2.05. The molecule has 0 aliphatic carbocycles. The van der Waals surface area contributed by atoms with Gasteiger partial charge in [-0.05, 0) is 60.2 Å². The molecule has 0 saturated carbocycles. The summed E-state index contributed by atoms with van der Waals surface area (Å²) in [6.07, 6.45) is 0. The number of thiophene rings is 1. The van der Waals surface area contributed by atoms with E-state index in [1.807, 2.05) is 0 Å². The zero-order chi connectivity index (χ0) is 21.4. The molecule has 7 heteroatoms. The van der Waals surface area contributed by atoms with Crippen molar-refractivity contribution in [1.82, 2.24) is 0 Å². The van der Waals surface area contributed by atoms with Crippen LogP contribution >= 0.6 is 11.3 Å². The van der Waals surface area contributed by atoms with Crippen molar-refractivity contribution < 1.29 is 27.4 Å². The lowest BCUT2D eigenvalue weighted by Gasteiger charge is -2.07. The van der Waals surface area contributed by atoms with Crippen LogP contribution in [0.3, 0.4) is 0 Å². The Balaban J connectivity index is 1.95. The second-order valence-electron chi connectivity index (χ2n) is 6.48. The Morgan fingerprint density at radius 2 is 1.43 bits per heavy atom. The van der Waals surface area contributed by atoms with Gasteiger partial charge in [0.15, 0.2) is 23.2 Å². The minimum absolute atomic E-state index is 0.267. The average Bonchev–Trinajstić information content (AvgIpc) is 3.15. The molecular formula is C23H15F3O3S. The van der Waals surface area contributed by atoms with E-state index in [4.69, 9.17) is 9.47 Å². The molecule has 1 aromatic heterocycles. The van der Waals surface area contributed by atoms with E-state index in [1.165, 1.54) is 18.4 Å². The second-order valence-corrected chi connectivity index (χ2v) is 7.53. The van der Waals surface area contributed by atoms with E-state index in [0.29, 0.717) is 33.9 Å². The van der Waals surface area contributed by atoms with Crippen LogP contribution in [0.2, 0.25) is 0 Å². The first kappa shape index (κ1) is 20.0. The Bertz CT molecular complexity index is 1240. The SMILES string of the molecule is COc1ccc(-c2sc3cc(OC)ccc3c2C(=O)c2cc(F)c(F)c(F)c2)cc1. The fourth-order valence-corrected chi connectivity index (χ4v) is 4.44. The third-order valence-corrected chi connectivity index (χ3v) is 5.92. The van der Waals surface area contributed by atoms with Crippen molar-refractivity contribution in [3.63, 3.8) is 0 Å². The van der Waals surface area contributed by atoms with E-state index < -0.39 is 23.2 Å². The fourth-order valence-electron chi connectivity index (χ4n) is 3.21. The first-order valence-corrected chi connectivity index (χ1v) is 9.68. The summed E-state index contributed by atoms with van der Waals surface area (Å²) in [7, 11) is 3.09. The normalized spacial score (nSPS) is 11.0. The average molecular weight is 428 g/mol. The van der Waals surface area contributed by atoms with Crippen molar-refractivity contribution in [1.29, 1.82) is 0 Å². The van der Waals surface area contributed by atoms with Gasteiger partial charge in [0.25, 0.3) is 0 Å². The maximum Gasteiger partial charge on any atom is 0.195 e. The third kappa shape index (κ3) is 3.41. The van der Waals surface area contributed by atoms with Crippen LogP contribution in [-0.4, -0.2) is 20.0 Å². The second kappa shape index (κ2) is 7.84. The predicted molar refractivity (Wildman–Crippen MR) is 110 cm³/mol. The Morgan fingerprint density at radius 3 is 2.03 bits per heavy atom. The summed E-state index contributed by atoms with van der Waals surface area (Å²) >= 11 is 1.35. The molecule has 3 aromatic carbocycles. The molecule has 4 rings (SSSR count). The number of benzene rings is 3. The molecule has 0 fully saturated rings. The lowest BCUT2D eigenvalue weighted by molar-refractivity contribution is 0.104. The van der Waals surface area contributed by atoms with Gasteiger partial charge in [-0.25, -0.2) is 13.2 Å². The Labute approximate surface area is 174 Å². The van der Waals surface area contributed by atoms with Crippen LogP contribution in [0.4, 0.5) is 13.2 Å². The van der Waals surface area contributed by atoms with Crippen LogP contribution < -0.4 is 9.47 Å². The summed E-state index contributed by atoms with van der Waals surface area (Å²) in [6.45, 7) is 0. The van der Waals surface area contributed by atoms with Gasteiger partial charge < -0.3 is 9.47 Å². The van der Waals surface area contributed by atoms with Crippen LogP contribution in [0.25, 0.3) is 20.5 Å². The lowest BCUT2D eigenvalue weighted by atomic mass is 9.97. The van der Waals surface area contributed by atoms with E-state index >= 15 is 0 Å². The van der Waals surface area contributed by atoms with Gasteiger partial charge in [-0.3, -0.25) is 4.79 Å². The molecule has 0 bridgehead atoms. The quantitative estimate of drug-likeness (QED) is 0.279. The monoisotopic (exact) mass is 428 g/mol. The summed E-state index contributed by atoms with van der Waals surface area (Å²) in [5.74, 6) is -3.77. The molecule has 0 unspecified atom stereocenters. The molecule has 0 amide bonds. The molecule has 1 heterocycles. The zero-order valence-corrected chi connectivity index (χ0v) is 16.8. The number of methoxy groups -OCH3 is 2. The van der Waals surface area contributed by atoms with Crippen molar-refractivity contribution in [3.05, 3.63) is 83.2 Å². The van der Waals surface area contributed by atoms with Crippen LogP contribution in [0.5, 0.6) is 11.5 Å². The number of carbonyl (C=O) groups excluding carboxylic acids is 1. The molecule has 0 saturated heterocycles. The van der Waals surface area contributed by atoms with Gasteiger partial charge in [-0.15, -0.1) is 11.3 Å². The van der Waals surface area contributed by atoms with E-state index in [9.17, 15) is 18.0 Å². The summed E-state index contributed by atoms with van der Waals surface area (Å²) in [4.78, 5) is 13.9. The van der Waals surface area contributed by atoms with Gasteiger partial charge >= 0.3 is 0 Å². The van der Waals surface area contributed by atoms with Gasteiger partial charge in [0.05, 0.1) is 14.2 Å². The van der Waals surface area contributed by atoms with Crippen molar-refractivity contribution >= 4 is 27.2 Å². The summed E-state index contributed by atoms with van der Waals surface area (Å²) in [6, 6.07) is 13.7. The highest BCUT2D eigenvalue weighted by atomic mass is 32.1. The summed E-state index contributed by atoms with van der Waals surface area (Å²) in [5, 5.41) is 0.613. The number of fused-ring (bicyclic) bond motifs is 1. The van der Waals surface area contributed by atoms with Gasteiger partial charge in [-0.2, -0.15) is 0 Å². The third-order valence-electron chi connectivity index (χ3n) is 4.72. The van der Waals surface area contributed by atoms with E-state index in [2.05, 4.69) is 0 Å². The molecule has 152 valence electrons. The minimum atomic E-state index is -1.61. The van der Waals surface area contributed by atoms with Crippen LogP contribution in [0.15, 0.2) is 54.6 Å². The van der Waals surface area contributed by atoms with Crippen LogP contribution in [0.1, 0.15) is 15.9 Å². The fraction of sp³-hybridized carbons (Fsp3) is 0.0870. The van der Waals surface area contributed by atoms with Crippen molar-refractivity contribution in [2.45, 2.75) is 0 Å². The number of halogens is 3. The maximum atomic E-state index is 13.8. The summed E-state index contributed by atoms with van der Waals surface area (Å²) in [5.41, 5.74) is 0.757. The number of hydrogen-bond donors (Lipinski definition) is 0. The predicted octanol–water partition coefficient (Wildman–Crippen LogP) is 6.23. The molecule has 0 radical (unpaired) electrons. The van der Waals surface area contributed by atoms with Crippen molar-refractivity contribution in [3.8, 4) is 21.9 Å². The van der Waals surface area contributed by atoms with E-state index in [1.54, 1.807) is 49.6 Å². The molecule has 0 aliphatic heterocycles. The van der Waals surface area contributed by atoms with Gasteiger partial charge in [0.2, 0.25) is 0 Å². The standard InChI is InChI=1S/C23H15F3O3S/c1-28-14-5-3-12(4-6-14)23-20(16-8-7-15(29-2)11-19(16)30-23)22(27)13-9-17(24)21(26)18(25)10-13/h3-11H,1-2H3. The van der Waals surface area contributed by atoms with Crippen LogP contribution in [0, 0.1) is 17.5 Å². The molecule has 3 nitrogen and oxygen atoms in total. The smallest absolute Gasteiger partial charge is 0.195 e. The first-order chi connectivity index (χ1) is 14.4. The van der Waals surface area contributed by atoms with Gasteiger partial charge in [0, 0.05) is 26.1 Å².